The number of aliphatic imine (C=N–C) groups is 1. The number of aromatic nitrogens is 1. The normalized spacial score (nSPS) is 28.6. The van der Waals surface area contributed by atoms with Crippen LogP contribution >= 0.6 is 0 Å². The van der Waals surface area contributed by atoms with Crippen molar-refractivity contribution in [3.8, 4) is 0 Å². The maximum absolute atomic E-state index is 12.9. The second-order valence-electron chi connectivity index (χ2n) is 9.06. The van der Waals surface area contributed by atoms with E-state index in [-0.39, 0.29) is 12.8 Å². The average Bonchev–Trinajstić information content (AvgIpc) is 3.33. The van der Waals surface area contributed by atoms with Gasteiger partial charge in [0, 0.05) is 31.3 Å². The lowest BCUT2D eigenvalue weighted by Gasteiger charge is -2.37. The first kappa shape index (κ1) is 19.9. The number of H-pyrrole nitrogens is 1. The van der Waals surface area contributed by atoms with Gasteiger partial charge in [-0.1, -0.05) is 0 Å². The van der Waals surface area contributed by atoms with Crippen molar-refractivity contribution in [3.63, 3.8) is 0 Å². The molecule has 5 rings (SSSR count). The lowest BCUT2D eigenvalue weighted by atomic mass is 9.79. The quantitative estimate of drug-likeness (QED) is 0.770. The first-order valence-electron chi connectivity index (χ1n) is 10.9. The minimum atomic E-state index is -4.03. The number of rotatable bonds is 3. The molecule has 0 bridgehead atoms. The van der Waals surface area contributed by atoms with Crippen LogP contribution in [0.25, 0.3) is 5.70 Å². The van der Waals surface area contributed by atoms with Crippen LogP contribution in [0.5, 0.6) is 0 Å². The molecule has 9 heteroatoms. The van der Waals surface area contributed by atoms with Crippen LogP contribution < -0.4 is 5.43 Å². The first-order valence-corrected chi connectivity index (χ1v) is 10.9. The van der Waals surface area contributed by atoms with Crippen molar-refractivity contribution in [3.05, 3.63) is 23.5 Å². The number of nitrogens with zero attached hydrogens (tertiary/aromatic N) is 4. The summed E-state index contributed by atoms with van der Waals surface area (Å²) in [7, 11) is 1.99. The molecule has 4 heterocycles. The minimum Gasteiger partial charge on any atom is -0.346 e. The van der Waals surface area contributed by atoms with E-state index in [9.17, 15) is 13.2 Å². The summed E-state index contributed by atoms with van der Waals surface area (Å²) in [6.45, 7) is 2.10. The molecule has 0 unspecified atom stereocenters. The van der Waals surface area contributed by atoms with Crippen molar-refractivity contribution in [1.82, 2.24) is 25.4 Å². The summed E-state index contributed by atoms with van der Waals surface area (Å²) in [5.41, 5.74) is 7.09. The third-order valence-corrected chi connectivity index (χ3v) is 7.19. The Balaban J connectivity index is 1.19. The molecule has 1 saturated heterocycles. The number of hydrogen-bond donors (Lipinski definition) is 2. The van der Waals surface area contributed by atoms with E-state index in [1.54, 1.807) is 0 Å². The monoisotopic (exact) mass is 422 g/mol. The van der Waals surface area contributed by atoms with Crippen LogP contribution in [0.1, 0.15) is 44.1 Å². The zero-order valence-electron chi connectivity index (χ0n) is 17.3. The fourth-order valence-corrected chi connectivity index (χ4v) is 5.46. The molecule has 2 N–H and O–H groups in total. The molecule has 1 saturated carbocycles. The number of aromatic amines is 1. The number of likely N-dealkylation sites (tertiary alicyclic amines) is 1. The predicted molar refractivity (Wildman–Crippen MR) is 109 cm³/mol. The van der Waals surface area contributed by atoms with E-state index in [1.165, 1.54) is 11.4 Å². The molecule has 30 heavy (non-hydrogen) atoms. The molecule has 164 valence electrons. The van der Waals surface area contributed by atoms with Crippen LogP contribution in [-0.2, 0) is 0 Å². The van der Waals surface area contributed by atoms with Crippen LogP contribution in [0, 0.1) is 17.8 Å². The summed E-state index contributed by atoms with van der Waals surface area (Å²) in [5.74, 6) is 0.838. The van der Waals surface area contributed by atoms with Crippen molar-refractivity contribution in [2.75, 3.05) is 26.7 Å². The highest BCUT2D eigenvalue weighted by Gasteiger charge is 2.41. The van der Waals surface area contributed by atoms with E-state index in [0.717, 1.165) is 43.6 Å². The number of hydrazine groups is 2. The Morgan fingerprint density at radius 3 is 2.53 bits per heavy atom. The van der Waals surface area contributed by atoms with Crippen molar-refractivity contribution < 1.29 is 13.2 Å². The van der Waals surface area contributed by atoms with Crippen LogP contribution in [0.4, 0.5) is 19.0 Å². The summed E-state index contributed by atoms with van der Waals surface area (Å²) < 4.78 is 38.7. The van der Waals surface area contributed by atoms with Gasteiger partial charge in [0.2, 0.25) is 0 Å². The number of halogens is 3. The van der Waals surface area contributed by atoms with Gasteiger partial charge in [-0.15, -0.1) is 5.12 Å². The van der Waals surface area contributed by atoms with E-state index in [0.29, 0.717) is 24.9 Å². The van der Waals surface area contributed by atoms with Gasteiger partial charge in [-0.25, -0.2) is 10.0 Å². The van der Waals surface area contributed by atoms with E-state index < -0.39 is 12.1 Å². The fourth-order valence-electron chi connectivity index (χ4n) is 5.46. The number of nitrogens with one attached hydrogen (secondary N) is 2. The largest absolute Gasteiger partial charge is 0.391 e. The summed E-state index contributed by atoms with van der Waals surface area (Å²) in [5, 5.41) is 4.03. The predicted octanol–water partition coefficient (Wildman–Crippen LogP) is 4.10. The van der Waals surface area contributed by atoms with Gasteiger partial charge >= 0.3 is 6.18 Å². The van der Waals surface area contributed by atoms with E-state index in [4.69, 9.17) is 0 Å². The zero-order valence-corrected chi connectivity index (χ0v) is 17.3. The van der Waals surface area contributed by atoms with Crippen molar-refractivity contribution in [2.24, 2.45) is 22.7 Å². The maximum atomic E-state index is 12.9. The smallest absolute Gasteiger partial charge is 0.346 e. The molecule has 4 aliphatic rings. The summed E-state index contributed by atoms with van der Waals surface area (Å²) in [6.07, 6.45) is 4.70. The molecule has 0 radical (unpaired) electrons. The SMILES string of the molecule is CN1NC(C2CCC(CN3CCC(C(F)(F)F)CC3)CC2)=C2c3cc[nH]c3N=CN21. The Bertz CT molecular complexity index is 828. The lowest BCUT2D eigenvalue weighted by molar-refractivity contribution is -0.185. The molecule has 1 aliphatic carbocycles. The number of allylic oxidation sites excluding steroid dienone is 1. The van der Waals surface area contributed by atoms with Crippen LogP contribution in [0.15, 0.2) is 23.0 Å². The first-order chi connectivity index (χ1) is 14.4. The Morgan fingerprint density at radius 2 is 1.83 bits per heavy atom. The van der Waals surface area contributed by atoms with Crippen LogP contribution in [-0.4, -0.2) is 59.2 Å². The van der Waals surface area contributed by atoms with Crippen molar-refractivity contribution in [2.45, 2.75) is 44.7 Å². The summed E-state index contributed by atoms with van der Waals surface area (Å²) in [6, 6.07) is 2.07. The molecular formula is C21H29F3N6. The molecule has 0 aromatic carbocycles. The standard InChI is InChI=1S/C21H29F3N6/c1-28-27-18(19-17-6-9-25-20(17)26-13-30(19)28)15-4-2-14(3-5-15)12-29-10-7-16(8-11-29)21(22,23)24/h6,9,13-16,25,27H,2-5,7-8,10-12H2,1H3. The molecule has 6 nitrogen and oxygen atoms in total. The van der Waals surface area contributed by atoms with E-state index in [1.807, 2.05) is 24.7 Å². The topological polar surface area (TPSA) is 49.9 Å². The molecule has 0 spiro atoms. The molecule has 2 fully saturated rings. The summed E-state index contributed by atoms with van der Waals surface area (Å²) >= 11 is 0. The number of fused-ring (bicyclic) bond motifs is 3. The van der Waals surface area contributed by atoms with Gasteiger partial charge in [0.1, 0.15) is 12.2 Å². The van der Waals surface area contributed by atoms with Gasteiger partial charge in [-0.3, -0.25) is 0 Å². The van der Waals surface area contributed by atoms with E-state index >= 15 is 0 Å². The van der Waals surface area contributed by atoms with Crippen molar-refractivity contribution >= 4 is 17.9 Å². The van der Waals surface area contributed by atoms with Gasteiger partial charge in [0.25, 0.3) is 0 Å². The lowest BCUT2D eigenvalue weighted by Crippen LogP contribution is -2.42. The molecule has 1 aromatic rings. The second kappa shape index (κ2) is 7.60. The van der Waals surface area contributed by atoms with Gasteiger partial charge < -0.3 is 15.3 Å². The minimum absolute atomic E-state index is 0.252. The molecular weight excluding hydrogens is 393 g/mol. The molecule has 3 aliphatic heterocycles. The number of piperidine rings is 1. The van der Waals surface area contributed by atoms with Gasteiger partial charge in [0.15, 0.2) is 0 Å². The molecule has 0 atom stereocenters. The molecule has 0 amide bonds. The Kier molecular flexibility index (Phi) is 5.05. The maximum Gasteiger partial charge on any atom is 0.391 e. The Morgan fingerprint density at radius 1 is 1.10 bits per heavy atom. The zero-order chi connectivity index (χ0) is 20.9. The van der Waals surface area contributed by atoms with Crippen LogP contribution in [0.3, 0.4) is 0 Å². The highest BCUT2D eigenvalue weighted by Crippen LogP contribution is 2.43. The summed E-state index contributed by atoms with van der Waals surface area (Å²) in [4.78, 5) is 9.92. The third-order valence-electron chi connectivity index (χ3n) is 7.19. The number of hydrogen-bond acceptors (Lipinski definition) is 5. The Hall–Kier alpha value is -2.00. The highest BCUT2D eigenvalue weighted by molar-refractivity contribution is 5.87. The van der Waals surface area contributed by atoms with Gasteiger partial charge in [-0.2, -0.15) is 13.2 Å². The van der Waals surface area contributed by atoms with Crippen LogP contribution in [0.2, 0.25) is 0 Å². The van der Waals surface area contributed by atoms with Crippen molar-refractivity contribution in [1.29, 1.82) is 0 Å². The fraction of sp³-hybridized carbons (Fsp3) is 0.667. The second-order valence-corrected chi connectivity index (χ2v) is 9.06. The number of alkyl halides is 3. The molecule has 1 aromatic heterocycles. The van der Waals surface area contributed by atoms with Gasteiger partial charge in [-0.05, 0) is 63.6 Å². The van der Waals surface area contributed by atoms with E-state index in [2.05, 4.69) is 31.4 Å². The van der Waals surface area contributed by atoms with Gasteiger partial charge in [0.05, 0.1) is 17.3 Å². The Labute approximate surface area is 174 Å². The third kappa shape index (κ3) is 3.62. The average molecular weight is 422 g/mol. The highest BCUT2D eigenvalue weighted by atomic mass is 19.4.